The van der Waals surface area contributed by atoms with Crippen LogP contribution >= 0.6 is 0 Å². The maximum atomic E-state index is 13.4. The molecule has 176 valence electrons. The van der Waals surface area contributed by atoms with E-state index in [2.05, 4.69) is 6.58 Å². The first-order valence-electron chi connectivity index (χ1n) is 11.1. The SMILES string of the molecule is C=C1Oc2ccc(C)cc2C(O)=C1C(c1ccccc1OC)c1c(O)c2cc(C)ccc2oc1=O. The molecule has 0 amide bonds. The van der Waals surface area contributed by atoms with E-state index in [9.17, 15) is 15.0 Å². The van der Waals surface area contributed by atoms with Crippen molar-refractivity contribution in [3.63, 3.8) is 0 Å². The number of hydrogen-bond acceptors (Lipinski definition) is 6. The van der Waals surface area contributed by atoms with E-state index in [0.717, 1.165) is 11.1 Å². The van der Waals surface area contributed by atoms with E-state index in [1.807, 2.05) is 19.9 Å². The number of aromatic hydroxyl groups is 1. The highest BCUT2D eigenvalue weighted by Gasteiger charge is 2.37. The van der Waals surface area contributed by atoms with Gasteiger partial charge in [-0.15, -0.1) is 0 Å². The number of aryl methyl sites for hydroxylation is 2. The van der Waals surface area contributed by atoms with E-state index in [1.165, 1.54) is 7.11 Å². The number of aliphatic hydroxyl groups is 1. The Bertz CT molecular complexity index is 1590. The minimum atomic E-state index is -0.992. The third-order valence-electron chi connectivity index (χ3n) is 6.27. The summed E-state index contributed by atoms with van der Waals surface area (Å²) < 4.78 is 17.2. The van der Waals surface area contributed by atoms with Gasteiger partial charge in [0, 0.05) is 11.1 Å². The summed E-state index contributed by atoms with van der Waals surface area (Å²) in [5.41, 5.74) is 2.52. The fraction of sp³-hybridized carbons (Fsp3) is 0.138. The minimum absolute atomic E-state index is 0.0463. The molecule has 1 aliphatic rings. The zero-order chi connectivity index (χ0) is 24.9. The van der Waals surface area contributed by atoms with Gasteiger partial charge in [-0.1, -0.05) is 48.0 Å². The minimum Gasteiger partial charge on any atom is -0.507 e. The van der Waals surface area contributed by atoms with Crippen molar-refractivity contribution >= 4 is 16.7 Å². The molecule has 6 heteroatoms. The summed E-state index contributed by atoms with van der Waals surface area (Å²) in [6.07, 6.45) is 0. The maximum Gasteiger partial charge on any atom is 0.344 e. The van der Waals surface area contributed by atoms with Crippen molar-refractivity contribution in [3.05, 3.63) is 117 Å². The molecule has 5 rings (SSSR count). The highest BCUT2D eigenvalue weighted by atomic mass is 16.5. The lowest BCUT2D eigenvalue weighted by Gasteiger charge is -2.29. The van der Waals surface area contributed by atoms with E-state index in [1.54, 1.807) is 54.6 Å². The summed E-state index contributed by atoms with van der Waals surface area (Å²) >= 11 is 0. The van der Waals surface area contributed by atoms with Gasteiger partial charge < -0.3 is 24.1 Å². The Kier molecular flexibility index (Phi) is 5.36. The molecule has 1 atom stereocenters. The number of rotatable bonds is 4. The quantitative estimate of drug-likeness (QED) is 0.350. The molecule has 1 unspecified atom stereocenters. The van der Waals surface area contributed by atoms with Gasteiger partial charge >= 0.3 is 5.63 Å². The van der Waals surface area contributed by atoms with Crippen LogP contribution in [0, 0.1) is 13.8 Å². The van der Waals surface area contributed by atoms with Crippen molar-refractivity contribution in [2.45, 2.75) is 19.8 Å². The smallest absolute Gasteiger partial charge is 0.344 e. The van der Waals surface area contributed by atoms with Gasteiger partial charge in [0.1, 0.15) is 34.3 Å². The van der Waals surface area contributed by atoms with Crippen LogP contribution in [0.5, 0.6) is 17.2 Å². The molecule has 1 aromatic heterocycles. The Morgan fingerprint density at radius 2 is 1.69 bits per heavy atom. The highest BCUT2D eigenvalue weighted by Crippen LogP contribution is 2.48. The molecule has 0 fully saturated rings. The van der Waals surface area contributed by atoms with Crippen LogP contribution < -0.4 is 15.1 Å². The molecule has 1 aliphatic heterocycles. The van der Waals surface area contributed by atoms with Gasteiger partial charge in [0.05, 0.1) is 29.5 Å². The first-order chi connectivity index (χ1) is 16.8. The highest BCUT2D eigenvalue weighted by molar-refractivity contribution is 5.86. The molecule has 0 saturated carbocycles. The Balaban J connectivity index is 1.89. The number of methoxy groups -OCH3 is 1. The molecular formula is C29H24O6. The monoisotopic (exact) mass is 468 g/mol. The van der Waals surface area contributed by atoms with Crippen molar-refractivity contribution in [1.82, 2.24) is 0 Å². The molecule has 0 saturated heterocycles. The molecule has 6 nitrogen and oxygen atoms in total. The molecule has 0 radical (unpaired) electrons. The summed E-state index contributed by atoms with van der Waals surface area (Å²) in [5, 5.41) is 23.3. The van der Waals surface area contributed by atoms with Crippen molar-refractivity contribution < 1.29 is 24.1 Å². The summed E-state index contributed by atoms with van der Waals surface area (Å²) in [6.45, 7) is 7.82. The second-order valence-electron chi connectivity index (χ2n) is 8.61. The van der Waals surface area contributed by atoms with Gasteiger partial charge in [0.15, 0.2) is 0 Å². The molecule has 3 aromatic carbocycles. The van der Waals surface area contributed by atoms with Crippen molar-refractivity contribution in [3.8, 4) is 17.2 Å². The van der Waals surface area contributed by atoms with Crippen LogP contribution in [0.15, 0.2) is 87.8 Å². The van der Waals surface area contributed by atoms with E-state index in [-0.39, 0.29) is 34.0 Å². The first kappa shape index (κ1) is 22.3. The average Bonchev–Trinajstić information content (AvgIpc) is 2.84. The number of para-hydroxylation sites is 1. The van der Waals surface area contributed by atoms with Gasteiger partial charge in [-0.2, -0.15) is 0 Å². The molecule has 2 N–H and O–H groups in total. The van der Waals surface area contributed by atoms with Crippen LogP contribution in [0.2, 0.25) is 0 Å². The number of aliphatic hydroxyl groups excluding tert-OH is 1. The van der Waals surface area contributed by atoms with Crippen LogP contribution in [-0.2, 0) is 0 Å². The number of hydrogen-bond donors (Lipinski definition) is 2. The third kappa shape index (κ3) is 3.64. The van der Waals surface area contributed by atoms with E-state index in [4.69, 9.17) is 13.9 Å². The van der Waals surface area contributed by atoms with Gasteiger partial charge in [-0.05, 0) is 44.2 Å². The Hall–Kier alpha value is -4.45. The maximum absolute atomic E-state index is 13.4. The molecule has 35 heavy (non-hydrogen) atoms. The lowest BCUT2D eigenvalue weighted by atomic mass is 9.81. The lowest BCUT2D eigenvalue weighted by Crippen LogP contribution is -2.22. The molecular weight excluding hydrogens is 444 g/mol. The summed E-state index contributed by atoms with van der Waals surface area (Å²) in [6, 6.07) is 17.7. The summed E-state index contributed by atoms with van der Waals surface area (Å²) in [5.74, 6) is -0.265. The number of fused-ring (bicyclic) bond motifs is 2. The number of allylic oxidation sites excluding steroid dienone is 1. The fourth-order valence-corrected chi connectivity index (χ4v) is 4.61. The van der Waals surface area contributed by atoms with Crippen LogP contribution in [0.25, 0.3) is 16.7 Å². The van der Waals surface area contributed by atoms with Crippen LogP contribution in [0.1, 0.15) is 33.7 Å². The Morgan fingerprint density at radius 1 is 0.971 bits per heavy atom. The first-order valence-corrected chi connectivity index (χ1v) is 11.1. The predicted octanol–water partition coefficient (Wildman–Crippen LogP) is 6.13. The van der Waals surface area contributed by atoms with E-state index in [0.29, 0.717) is 28.0 Å². The molecule has 2 heterocycles. The van der Waals surface area contributed by atoms with Gasteiger partial charge in [-0.3, -0.25) is 0 Å². The topological polar surface area (TPSA) is 89.1 Å². The fourth-order valence-electron chi connectivity index (χ4n) is 4.61. The average molecular weight is 469 g/mol. The van der Waals surface area contributed by atoms with Crippen molar-refractivity contribution in [2.75, 3.05) is 7.11 Å². The van der Waals surface area contributed by atoms with Crippen LogP contribution in [-0.4, -0.2) is 17.3 Å². The summed E-state index contributed by atoms with van der Waals surface area (Å²) in [4.78, 5) is 13.4. The molecule has 0 aliphatic carbocycles. The third-order valence-corrected chi connectivity index (χ3v) is 6.27. The van der Waals surface area contributed by atoms with Gasteiger partial charge in [0.2, 0.25) is 0 Å². The zero-order valence-corrected chi connectivity index (χ0v) is 19.6. The van der Waals surface area contributed by atoms with E-state index >= 15 is 0 Å². The number of ether oxygens (including phenoxy) is 2. The lowest BCUT2D eigenvalue weighted by molar-refractivity contribution is 0.391. The van der Waals surface area contributed by atoms with Gasteiger partial charge in [-0.25, -0.2) is 4.79 Å². The van der Waals surface area contributed by atoms with Gasteiger partial charge in [0.25, 0.3) is 0 Å². The standard InChI is InChI=1S/C29H24O6/c1-15-9-11-22-19(13-15)27(30)24(17(3)34-22)25(18-7-5-6-8-21(18)33-4)26-28(31)20-14-16(2)10-12-23(20)35-29(26)32/h5-14,25,30-31H,3H2,1-2,4H3. The van der Waals surface area contributed by atoms with Crippen LogP contribution in [0.3, 0.4) is 0 Å². The second kappa shape index (κ2) is 8.40. The zero-order valence-electron chi connectivity index (χ0n) is 19.6. The van der Waals surface area contributed by atoms with Crippen LogP contribution in [0.4, 0.5) is 0 Å². The molecule has 4 aromatic rings. The largest absolute Gasteiger partial charge is 0.507 e. The van der Waals surface area contributed by atoms with Crippen molar-refractivity contribution in [2.24, 2.45) is 0 Å². The number of benzene rings is 3. The normalized spacial score (nSPS) is 14.0. The van der Waals surface area contributed by atoms with E-state index < -0.39 is 11.5 Å². The van der Waals surface area contributed by atoms with Crippen molar-refractivity contribution in [1.29, 1.82) is 0 Å². The predicted molar refractivity (Wildman–Crippen MR) is 134 cm³/mol. The molecule has 0 bridgehead atoms. The molecule has 0 spiro atoms. The Morgan fingerprint density at radius 3 is 2.46 bits per heavy atom. The Labute approximate surface area is 202 Å². The summed E-state index contributed by atoms with van der Waals surface area (Å²) in [7, 11) is 1.51. The second-order valence-corrected chi connectivity index (χ2v) is 8.61.